The van der Waals surface area contributed by atoms with Crippen LogP contribution in [0.1, 0.15) is 28.4 Å². The summed E-state index contributed by atoms with van der Waals surface area (Å²) in [6.45, 7) is 5.71. The van der Waals surface area contributed by atoms with Crippen LogP contribution in [0.2, 0.25) is 0 Å². The van der Waals surface area contributed by atoms with Crippen LogP contribution in [-0.2, 0) is 11.2 Å². The van der Waals surface area contributed by atoms with Gasteiger partial charge in [0, 0.05) is 5.56 Å². The summed E-state index contributed by atoms with van der Waals surface area (Å²) in [5, 5.41) is 0. The SMILES string of the molecule is C=C1OC(=O)c2cc(CC)ccc21. The average molecular weight is 174 g/mol. The molecule has 0 radical (unpaired) electrons. The van der Waals surface area contributed by atoms with E-state index in [4.69, 9.17) is 4.74 Å². The summed E-state index contributed by atoms with van der Waals surface area (Å²) in [5.74, 6) is 0.179. The minimum atomic E-state index is -0.282. The van der Waals surface area contributed by atoms with Crippen molar-refractivity contribution in [2.45, 2.75) is 13.3 Å². The summed E-state index contributed by atoms with van der Waals surface area (Å²) in [7, 11) is 0. The number of benzene rings is 1. The average Bonchev–Trinajstić information content (AvgIpc) is 2.42. The van der Waals surface area contributed by atoms with E-state index in [-0.39, 0.29) is 5.97 Å². The van der Waals surface area contributed by atoms with E-state index in [2.05, 4.69) is 13.5 Å². The summed E-state index contributed by atoms with van der Waals surface area (Å²) in [6.07, 6.45) is 0.924. The van der Waals surface area contributed by atoms with E-state index in [1.807, 2.05) is 18.2 Å². The lowest BCUT2D eigenvalue weighted by Gasteiger charge is -1.97. The normalized spacial score (nSPS) is 14.2. The van der Waals surface area contributed by atoms with E-state index in [9.17, 15) is 4.79 Å². The summed E-state index contributed by atoms with van der Waals surface area (Å²) in [4.78, 5) is 11.3. The quantitative estimate of drug-likeness (QED) is 0.611. The van der Waals surface area contributed by atoms with Crippen molar-refractivity contribution in [3.63, 3.8) is 0 Å². The van der Waals surface area contributed by atoms with E-state index >= 15 is 0 Å². The first-order valence-corrected chi connectivity index (χ1v) is 4.26. The predicted molar refractivity (Wildman–Crippen MR) is 50.3 cm³/mol. The van der Waals surface area contributed by atoms with Gasteiger partial charge in [0.25, 0.3) is 0 Å². The zero-order valence-corrected chi connectivity index (χ0v) is 7.46. The second-order valence-electron chi connectivity index (χ2n) is 3.05. The number of hydrogen-bond donors (Lipinski definition) is 0. The molecule has 0 fully saturated rings. The molecular weight excluding hydrogens is 164 g/mol. The number of cyclic esters (lactones) is 1. The molecule has 2 rings (SSSR count). The minimum Gasteiger partial charge on any atom is -0.423 e. The molecule has 0 aliphatic carbocycles. The third-order valence-corrected chi connectivity index (χ3v) is 2.23. The van der Waals surface area contributed by atoms with Gasteiger partial charge >= 0.3 is 5.97 Å². The van der Waals surface area contributed by atoms with Crippen LogP contribution in [0.5, 0.6) is 0 Å². The lowest BCUT2D eigenvalue weighted by Crippen LogP contribution is -1.94. The first kappa shape index (κ1) is 8.05. The first-order chi connectivity index (χ1) is 6.22. The smallest absolute Gasteiger partial charge is 0.344 e. The molecule has 1 aromatic carbocycles. The van der Waals surface area contributed by atoms with Crippen molar-refractivity contribution in [3.8, 4) is 0 Å². The highest BCUT2D eigenvalue weighted by Gasteiger charge is 2.24. The molecule has 0 aromatic heterocycles. The molecule has 1 aliphatic heterocycles. The Hall–Kier alpha value is -1.57. The fraction of sp³-hybridized carbons (Fsp3) is 0.182. The molecule has 0 saturated heterocycles. The third-order valence-electron chi connectivity index (χ3n) is 2.23. The fourth-order valence-electron chi connectivity index (χ4n) is 1.45. The van der Waals surface area contributed by atoms with Crippen molar-refractivity contribution < 1.29 is 9.53 Å². The largest absolute Gasteiger partial charge is 0.423 e. The molecule has 66 valence electrons. The predicted octanol–water partition coefficient (Wildman–Crippen LogP) is 2.39. The number of hydrogen-bond acceptors (Lipinski definition) is 2. The van der Waals surface area contributed by atoms with Crippen molar-refractivity contribution >= 4 is 11.7 Å². The number of aryl methyl sites for hydroxylation is 1. The van der Waals surface area contributed by atoms with Gasteiger partial charge in [-0.2, -0.15) is 0 Å². The van der Waals surface area contributed by atoms with Crippen molar-refractivity contribution in [1.82, 2.24) is 0 Å². The van der Waals surface area contributed by atoms with Crippen LogP contribution in [0.4, 0.5) is 0 Å². The molecule has 13 heavy (non-hydrogen) atoms. The Labute approximate surface area is 76.8 Å². The summed E-state index contributed by atoms with van der Waals surface area (Å²) in [5.41, 5.74) is 2.61. The van der Waals surface area contributed by atoms with E-state index in [0.29, 0.717) is 11.3 Å². The van der Waals surface area contributed by atoms with Crippen molar-refractivity contribution in [1.29, 1.82) is 0 Å². The van der Waals surface area contributed by atoms with Gasteiger partial charge in [-0.25, -0.2) is 4.79 Å². The number of ether oxygens (including phenoxy) is 1. The molecule has 0 spiro atoms. The van der Waals surface area contributed by atoms with E-state index in [1.165, 1.54) is 0 Å². The van der Waals surface area contributed by atoms with Crippen molar-refractivity contribution in [2.24, 2.45) is 0 Å². The van der Waals surface area contributed by atoms with Crippen LogP contribution in [-0.4, -0.2) is 5.97 Å². The van der Waals surface area contributed by atoms with E-state index in [0.717, 1.165) is 17.5 Å². The molecule has 0 saturated carbocycles. The maximum atomic E-state index is 11.3. The second-order valence-corrected chi connectivity index (χ2v) is 3.05. The number of rotatable bonds is 1. The van der Waals surface area contributed by atoms with Crippen LogP contribution in [0.25, 0.3) is 5.76 Å². The van der Waals surface area contributed by atoms with Gasteiger partial charge in [-0.3, -0.25) is 0 Å². The number of fused-ring (bicyclic) bond motifs is 1. The number of esters is 1. The van der Waals surface area contributed by atoms with Crippen LogP contribution in [0, 0.1) is 0 Å². The standard InChI is InChI=1S/C11H10O2/c1-3-8-4-5-9-7(2)13-11(12)10(9)6-8/h4-6H,2-3H2,1H3. The van der Waals surface area contributed by atoms with Crippen LogP contribution in [0.3, 0.4) is 0 Å². The topological polar surface area (TPSA) is 26.3 Å². The molecule has 0 unspecified atom stereocenters. The minimum absolute atomic E-state index is 0.282. The summed E-state index contributed by atoms with van der Waals surface area (Å²) < 4.78 is 4.90. The first-order valence-electron chi connectivity index (χ1n) is 4.26. The van der Waals surface area contributed by atoms with Crippen molar-refractivity contribution in [3.05, 3.63) is 41.5 Å². The maximum Gasteiger partial charge on any atom is 0.344 e. The van der Waals surface area contributed by atoms with Gasteiger partial charge in [-0.15, -0.1) is 0 Å². The Bertz CT molecular complexity index is 391. The van der Waals surface area contributed by atoms with Gasteiger partial charge in [-0.05, 0) is 18.1 Å². The van der Waals surface area contributed by atoms with Crippen LogP contribution < -0.4 is 0 Å². The van der Waals surface area contributed by atoms with Gasteiger partial charge in [0.2, 0.25) is 0 Å². The van der Waals surface area contributed by atoms with E-state index < -0.39 is 0 Å². The lowest BCUT2D eigenvalue weighted by atomic mass is 10.0. The maximum absolute atomic E-state index is 11.3. The Morgan fingerprint density at radius 2 is 2.15 bits per heavy atom. The molecule has 1 aliphatic rings. The highest BCUT2D eigenvalue weighted by Crippen LogP contribution is 2.28. The van der Waals surface area contributed by atoms with E-state index in [1.54, 1.807) is 0 Å². The van der Waals surface area contributed by atoms with Gasteiger partial charge in [-0.1, -0.05) is 25.6 Å². The monoisotopic (exact) mass is 174 g/mol. The summed E-state index contributed by atoms with van der Waals surface area (Å²) >= 11 is 0. The van der Waals surface area contributed by atoms with Crippen LogP contribution in [0.15, 0.2) is 24.8 Å². The lowest BCUT2D eigenvalue weighted by molar-refractivity contribution is 0.0716. The molecule has 0 amide bonds. The Kier molecular flexibility index (Phi) is 1.69. The number of carbonyl (C=O) groups is 1. The molecule has 2 nitrogen and oxygen atoms in total. The molecular formula is C11H10O2. The van der Waals surface area contributed by atoms with Crippen LogP contribution >= 0.6 is 0 Å². The second kappa shape index (κ2) is 2.73. The van der Waals surface area contributed by atoms with Gasteiger partial charge in [0.05, 0.1) is 5.56 Å². The van der Waals surface area contributed by atoms with Gasteiger partial charge in [0.1, 0.15) is 5.76 Å². The fourth-order valence-corrected chi connectivity index (χ4v) is 1.45. The van der Waals surface area contributed by atoms with Crippen molar-refractivity contribution in [2.75, 3.05) is 0 Å². The van der Waals surface area contributed by atoms with Gasteiger partial charge in [0.15, 0.2) is 0 Å². The molecule has 1 aromatic rings. The molecule has 2 heteroatoms. The third kappa shape index (κ3) is 1.15. The molecule has 0 bridgehead atoms. The Balaban J connectivity index is 2.58. The summed E-state index contributed by atoms with van der Waals surface area (Å²) in [6, 6.07) is 5.75. The van der Waals surface area contributed by atoms with Gasteiger partial charge < -0.3 is 4.74 Å². The highest BCUT2D eigenvalue weighted by atomic mass is 16.5. The Morgan fingerprint density at radius 1 is 1.38 bits per heavy atom. The zero-order chi connectivity index (χ0) is 9.42. The highest BCUT2D eigenvalue weighted by molar-refractivity contribution is 6.02. The molecule has 0 N–H and O–H groups in total. The number of carbonyl (C=O) groups excluding carboxylic acids is 1. The Morgan fingerprint density at radius 3 is 2.85 bits per heavy atom. The zero-order valence-electron chi connectivity index (χ0n) is 7.46. The molecule has 0 atom stereocenters. The molecule has 1 heterocycles.